The first-order chi connectivity index (χ1) is 9.13. The van der Waals surface area contributed by atoms with Crippen LogP contribution < -0.4 is 15.5 Å². The molecular formula is C11H10BNO5S. The first-order valence-electron chi connectivity index (χ1n) is 5.70. The van der Waals surface area contributed by atoms with Crippen LogP contribution in [-0.2, 0) is 16.1 Å². The number of carbonyl (C=O) groups is 2. The van der Waals surface area contributed by atoms with Crippen molar-refractivity contribution in [2.24, 2.45) is 0 Å². The molecule has 0 saturated carbocycles. The van der Waals surface area contributed by atoms with E-state index in [1.165, 1.54) is 0 Å². The van der Waals surface area contributed by atoms with Crippen LogP contribution in [0.2, 0.25) is 0 Å². The predicted molar refractivity (Wildman–Crippen MR) is 69.3 cm³/mol. The van der Waals surface area contributed by atoms with E-state index in [0.29, 0.717) is 17.8 Å². The molecule has 2 heterocycles. The first kappa shape index (κ1) is 12.5. The number of rotatable bonds is 3. The van der Waals surface area contributed by atoms with E-state index in [1.54, 1.807) is 12.1 Å². The fourth-order valence-corrected chi connectivity index (χ4v) is 2.68. The highest BCUT2D eigenvalue weighted by atomic mass is 32.2. The zero-order valence-electron chi connectivity index (χ0n) is 9.79. The summed E-state index contributed by atoms with van der Waals surface area (Å²) in [7, 11) is -0.927. The van der Waals surface area contributed by atoms with Gasteiger partial charge in [0.25, 0.3) is 5.24 Å². The molecule has 0 spiro atoms. The largest absolute Gasteiger partial charge is 0.492 e. The molecule has 0 radical (unpaired) electrons. The maximum atomic E-state index is 11.4. The second-order valence-electron chi connectivity index (χ2n) is 4.22. The molecule has 0 aliphatic carbocycles. The van der Waals surface area contributed by atoms with Gasteiger partial charge in [-0.1, -0.05) is 6.07 Å². The molecule has 0 bridgehead atoms. The molecule has 98 valence electrons. The molecule has 1 fully saturated rings. The van der Waals surface area contributed by atoms with Crippen molar-refractivity contribution in [3.8, 4) is 5.75 Å². The number of benzene rings is 1. The number of amides is 2. The molecule has 2 aliphatic rings. The molecule has 8 heteroatoms. The van der Waals surface area contributed by atoms with Gasteiger partial charge >= 0.3 is 7.12 Å². The lowest BCUT2D eigenvalue weighted by molar-refractivity contribution is -0.119. The summed E-state index contributed by atoms with van der Waals surface area (Å²) in [4.78, 5) is 22.3. The number of ether oxygens (including phenoxy) is 1. The third-order valence-electron chi connectivity index (χ3n) is 2.95. The Hall–Kier alpha value is -1.51. The van der Waals surface area contributed by atoms with Gasteiger partial charge in [0, 0.05) is 0 Å². The van der Waals surface area contributed by atoms with Crippen LogP contribution in [0.3, 0.4) is 0 Å². The van der Waals surface area contributed by atoms with Gasteiger partial charge in [0.15, 0.2) is 0 Å². The second kappa shape index (κ2) is 4.88. The summed E-state index contributed by atoms with van der Waals surface area (Å²) in [6.45, 7) is 0.490. The maximum absolute atomic E-state index is 11.4. The van der Waals surface area contributed by atoms with E-state index >= 15 is 0 Å². The van der Waals surface area contributed by atoms with E-state index < -0.39 is 12.4 Å². The monoisotopic (exact) mass is 279 g/mol. The molecular weight excluding hydrogens is 269 g/mol. The zero-order chi connectivity index (χ0) is 13.4. The molecule has 6 nitrogen and oxygen atoms in total. The van der Waals surface area contributed by atoms with Crippen molar-refractivity contribution < 1.29 is 24.0 Å². The van der Waals surface area contributed by atoms with Gasteiger partial charge in [0.2, 0.25) is 5.91 Å². The van der Waals surface area contributed by atoms with Crippen molar-refractivity contribution in [3.05, 3.63) is 23.8 Å². The summed E-state index contributed by atoms with van der Waals surface area (Å²) < 4.78 is 10.6. The Morgan fingerprint density at radius 3 is 3.11 bits per heavy atom. The fourth-order valence-electron chi connectivity index (χ4n) is 1.96. The normalized spacial score (nSPS) is 21.5. The van der Waals surface area contributed by atoms with Crippen molar-refractivity contribution in [3.63, 3.8) is 0 Å². The Bertz CT molecular complexity index is 552. The standard InChI is InChI=1S/C11H10BNO5S/c14-10-9(19-11(15)13-10)5-17-7-2-1-6-4-18-12(16)8(6)3-7/h1-3,9,16H,4-5H2,(H,13,14,15). The third kappa shape index (κ3) is 2.47. The SMILES string of the molecule is O=C1NC(=O)C(COc2ccc3c(c2)B(O)OC3)S1. The molecule has 1 unspecified atom stereocenters. The quantitative estimate of drug-likeness (QED) is 0.735. The Balaban J connectivity index is 1.66. The Morgan fingerprint density at radius 1 is 1.53 bits per heavy atom. The molecule has 1 aromatic carbocycles. The summed E-state index contributed by atoms with van der Waals surface area (Å²) in [6, 6.07) is 5.25. The molecule has 19 heavy (non-hydrogen) atoms. The number of hydrogen-bond donors (Lipinski definition) is 2. The Labute approximate surface area is 113 Å². The van der Waals surface area contributed by atoms with Gasteiger partial charge in [-0.15, -0.1) is 0 Å². The number of nitrogens with one attached hydrogen (secondary N) is 1. The smallest absolute Gasteiger partial charge is 0.491 e. The van der Waals surface area contributed by atoms with Gasteiger partial charge in [-0.2, -0.15) is 0 Å². The summed E-state index contributed by atoms with van der Waals surface area (Å²) >= 11 is 0.920. The maximum Gasteiger partial charge on any atom is 0.491 e. The minimum atomic E-state index is -0.927. The average molecular weight is 279 g/mol. The number of hydrogen-bond acceptors (Lipinski definition) is 6. The van der Waals surface area contributed by atoms with Crippen LogP contribution in [0.25, 0.3) is 0 Å². The lowest BCUT2D eigenvalue weighted by Crippen LogP contribution is -2.29. The van der Waals surface area contributed by atoms with Gasteiger partial charge in [-0.3, -0.25) is 14.9 Å². The van der Waals surface area contributed by atoms with Gasteiger partial charge in [-0.05, 0) is 34.9 Å². The number of fused-ring (bicyclic) bond motifs is 1. The van der Waals surface area contributed by atoms with Gasteiger partial charge in [0.1, 0.15) is 17.6 Å². The Kier molecular flexibility index (Phi) is 3.22. The lowest BCUT2D eigenvalue weighted by Gasteiger charge is -2.09. The third-order valence-corrected chi connectivity index (χ3v) is 3.90. The van der Waals surface area contributed by atoms with Crippen LogP contribution in [0.4, 0.5) is 4.79 Å². The molecule has 2 N–H and O–H groups in total. The van der Waals surface area contributed by atoms with E-state index in [-0.39, 0.29) is 17.8 Å². The van der Waals surface area contributed by atoms with Crippen molar-refractivity contribution in [1.29, 1.82) is 0 Å². The van der Waals surface area contributed by atoms with Gasteiger partial charge in [-0.25, -0.2) is 0 Å². The van der Waals surface area contributed by atoms with Crippen LogP contribution in [0, 0.1) is 0 Å². The molecule has 0 aromatic heterocycles. The van der Waals surface area contributed by atoms with Crippen LogP contribution in [0.5, 0.6) is 5.75 Å². The highest BCUT2D eigenvalue weighted by molar-refractivity contribution is 8.15. The van der Waals surface area contributed by atoms with Crippen molar-refractivity contribution in [2.75, 3.05) is 6.61 Å². The van der Waals surface area contributed by atoms with E-state index in [4.69, 9.17) is 9.39 Å². The van der Waals surface area contributed by atoms with Crippen molar-refractivity contribution in [2.45, 2.75) is 11.9 Å². The summed E-state index contributed by atoms with van der Waals surface area (Å²) in [5, 5.41) is 10.9. The summed E-state index contributed by atoms with van der Waals surface area (Å²) in [6.07, 6.45) is 0. The minimum absolute atomic E-state index is 0.109. The number of thioether (sulfide) groups is 1. The summed E-state index contributed by atoms with van der Waals surface area (Å²) in [5.74, 6) is 0.204. The van der Waals surface area contributed by atoms with Crippen LogP contribution in [0.15, 0.2) is 18.2 Å². The predicted octanol–water partition coefficient (Wildman–Crippen LogP) is -0.365. The number of imide groups is 1. The molecule has 2 amide bonds. The van der Waals surface area contributed by atoms with E-state index in [1.807, 2.05) is 6.07 Å². The highest BCUT2D eigenvalue weighted by Gasteiger charge is 2.32. The minimum Gasteiger partial charge on any atom is -0.492 e. The number of carbonyl (C=O) groups excluding carboxylic acids is 2. The molecule has 1 aromatic rings. The molecule has 1 saturated heterocycles. The van der Waals surface area contributed by atoms with E-state index in [0.717, 1.165) is 17.3 Å². The zero-order valence-corrected chi connectivity index (χ0v) is 10.6. The van der Waals surface area contributed by atoms with Crippen LogP contribution in [-0.4, -0.2) is 35.1 Å². The Morgan fingerprint density at radius 2 is 2.37 bits per heavy atom. The van der Waals surface area contributed by atoms with Crippen molar-refractivity contribution in [1.82, 2.24) is 5.32 Å². The van der Waals surface area contributed by atoms with Gasteiger partial charge < -0.3 is 14.4 Å². The van der Waals surface area contributed by atoms with Crippen LogP contribution in [0.1, 0.15) is 5.56 Å². The molecule has 3 rings (SSSR count). The second-order valence-corrected chi connectivity index (χ2v) is 5.39. The lowest BCUT2D eigenvalue weighted by atomic mass is 9.79. The van der Waals surface area contributed by atoms with E-state index in [2.05, 4.69) is 5.32 Å². The van der Waals surface area contributed by atoms with Gasteiger partial charge in [0.05, 0.1) is 6.61 Å². The highest BCUT2D eigenvalue weighted by Crippen LogP contribution is 2.21. The summed E-state index contributed by atoms with van der Waals surface area (Å²) in [5.41, 5.74) is 1.60. The first-order valence-corrected chi connectivity index (χ1v) is 6.58. The topological polar surface area (TPSA) is 84.9 Å². The molecule has 2 aliphatic heterocycles. The molecule has 1 atom stereocenters. The van der Waals surface area contributed by atoms with Crippen molar-refractivity contribution >= 4 is 35.5 Å². The van der Waals surface area contributed by atoms with E-state index in [9.17, 15) is 14.6 Å². The average Bonchev–Trinajstić information content (AvgIpc) is 2.90. The van der Waals surface area contributed by atoms with Crippen LogP contribution >= 0.6 is 11.8 Å². The fraction of sp³-hybridized carbons (Fsp3) is 0.273.